The van der Waals surface area contributed by atoms with Gasteiger partial charge in [-0.05, 0) is 23.5 Å². The van der Waals surface area contributed by atoms with Crippen molar-refractivity contribution >= 4 is 70.2 Å². The van der Waals surface area contributed by atoms with E-state index >= 15 is 0 Å². The van der Waals surface area contributed by atoms with E-state index in [0.29, 0.717) is 0 Å². The molecule has 0 aromatic carbocycles. The van der Waals surface area contributed by atoms with Crippen molar-refractivity contribution in [1.29, 1.82) is 0 Å². The molecular weight excluding hydrogens is 599 g/mol. The van der Waals surface area contributed by atoms with Gasteiger partial charge in [-0.2, -0.15) is 52.7 Å². The average Bonchev–Trinajstić information content (AvgIpc) is 2.95. The highest BCUT2D eigenvalue weighted by molar-refractivity contribution is 8.01. The van der Waals surface area contributed by atoms with E-state index in [1.165, 1.54) is 0 Å². The van der Waals surface area contributed by atoms with Gasteiger partial charge in [0.15, 0.2) is 0 Å². The van der Waals surface area contributed by atoms with Crippen LogP contribution in [0.15, 0.2) is 19.8 Å². The summed E-state index contributed by atoms with van der Waals surface area (Å²) in [6.07, 6.45) is 0. The number of thioether (sulfide) groups is 4. The molecule has 0 aliphatic rings. The Morgan fingerprint density at radius 2 is 0.719 bits per heavy atom. The van der Waals surface area contributed by atoms with Crippen molar-refractivity contribution in [2.24, 2.45) is 0 Å². The summed E-state index contributed by atoms with van der Waals surface area (Å²) in [5.41, 5.74) is -22.6. The predicted molar refractivity (Wildman–Crippen MR) is 98.2 cm³/mol. The van der Waals surface area contributed by atoms with Crippen LogP contribution in [0.1, 0.15) is 0 Å². The first-order chi connectivity index (χ1) is 14.2. The Morgan fingerprint density at radius 3 is 0.938 bits per heavy atom. The van der Waals surface area contributed by atoms with Crippen molar-refractivity contribution in [2.45, 2.75) is 41.9 Å². The van der Waals surface area contributed by atoms with Gasteiger partial charge in [-0.3, -0.25) is 0 Å². The SMILES string of the molecule is FC(F)(F)Sc1[nH]c(-c2[nH]c(SC(F)(F)F)c(Cl)c2SC(F)(F)F)c(SC(F)(F)F)c1Cl. The highest BCUT2D eigenvalue weighted by atomic mass is 35.5. The number of hydrogen-bond acceptors (Lipinski definition) is 4. The summed E-state index contributed by atoms with van der Waals surface area (Å²) in [4.78, 5) is 1.21. The molecule has 0 aliphatic carbocycles. The molecule has 0 aliphatic heterocycles. The third kappa shape index (κ3) is 7.89. The predicted octanol–water partition coefficient (Wildman–Crippen LogP) is 9.76. The number of nitrogens with one attached hydrogen (secondary N) is 2. The number of alkyl halides is 12. The van der Waals surface area contributed by atoms with Crippen molar-refractivity contribution in [3.05, 3.63) is 10.0 Å². The van der Waals surface area contributed by atoms with Gasteiger partial charge in [0.25, 0.3) is 0 Å². The van der Waals surface area contributed by atoms with Crippen LogP contribution in [0.25, 0.3) is 11.4 Å². The van der Waals surface area contributed by atoms with Crippen LogP contribution < -0.4 is 0 Å². The summed E-state index contributed by atoms with van der Waals surface area (Å²) < 4.78 is 154. The normalized spacial score (nSPS) is 13.8. The zero-order valence-corrected chi connectivity index (χ0v) is 18.7. The van der Waals surface area contributed by atoms with Crippen LogP contribution in [-0.4, -0.2) is 32.0 Å². The minimum atomic E-state index is -5.17. The minimum Gasteiger partial charge on any atom is -0.346 e. The van der Waals surface area contributed by atoms with Crippen molar-refractivity contribution in [3.63, 3.8) is 0 Å². The Hall–Kier alpha value is -0.300. The molecule has 2 N–H and O–H groups in total. The van der Waals surface area contributed by atoms with Gasteiger partial charge in [0.2, 0.25) is 0 Å². The van der Waals surface area contributed by atoms with Gasteiger partial charge in [0, 0.05) is 23.5 Å². The fraction of sp³-hybridized carbons (Fsp3) is 0.333. The Kier molecular flexibility index (Phi) is 8.20. The summed E-state index contributed by atoms with van der Waals surface area (Å²) in [6, 6.07) is 0. The standard InChI is InChI=1S/C12H2Cl2F12N2S4/c13-1-5(29-9(15,16)17)3(27-7(1)31-11(21,22)23)4-6(30-10(18,19)20)2(14)8(28-4)32-12(24,25)26/h27-28H. The second-order valence-electron chi connectivity index (χ2n) is 5.14. The van der Waals surface area contributed by atoms with Crippen molar-refractivity contribution in [2.75, 3.05) is 0 Å². The third-order valence-corrected chi connectivity index (χ3v) is 7.23. The van der Waals surface area contributed by atoms with Gasteiger partial charge in [-0.25, -0.2) is 0 Å². The second kappa shape index (κ2) is 9.39. The lowest BCUT2D eigenvalue weighted by Gasteiger charge is -2.10. The van der Waals surface area contributed by atoms with Crippen molar-refractivity contribution < 1.29 is 52.7 Å². The van der Waals surface area contributed by atoms with E-state index in [1.807, 2.05) is 0 Å². The molecule has 0 saturated heterocycles. The van der Waals surface area contributed by atoms with Gasteiger partial charge < -0.3 is 9.97 Å². The van der Waals surface area contributed by atoms with E-state index < -0.39 is 110 Å². The largest absolute Gasteiger partial charge is 0.447 e. The Labute approximate surface area is 195 Å². The van der Waals surface area contributed by atoms with Gasteiger partial charge in [0.05, 0.1) is 31.2 Å². The lowest BCUT2D eigenvalue weighted by molar-refractivity contribution is -0.0339. The van der Waals surface area contributed by atoms with Gasteiger partial charge in [0.1, 0.15) is 10.1 Å². The minimum absolute atomic E-state index is 1.01. The Balaban J connectivity index is 2.78. The van der Waals surface area contributed by atoms with E-state index in [1.54, 1.807) is 9.97 Å². The molecule has 2 heterocycles. The molecule has 2 aromatic heterocycles. The van der Waals surface area contributed by atoms with Crippen molar-refractivity contribution in [1.82, 2.24) is 9.97 Å². The fourth-order valence-corrected chi connectivity index (χ4v) is 5.41. The molecule has 0 fully saturated rings. The maximum absolute atomic E-state index is 12.9. The molecule has 2 nitrogen and oxygen atoms in total. The summed E-state index contributed by atoms with van der Waals surface area (Å²) >= 11 is 7.03. The summed E-state index contributed by atoms with van der Waals surface area (Å²) in [7, 11) is 0. The summed E-state index contributed by atoms with van der Waals surface area (Å²) in [5, 5.41) is -4.55. The molecule has 0 spiro atoms. The molecule has 182 valence electrons. The summed E-state index contributed by atoms with van der Waals surface area (Å²) in [6.45, 7) is 0. The van der Waals surface area contributed by atoms with Gasteiger partial charge in [-0.15, -0.1) is 0 Å². The number of H-pyrrole nitrogens is 2. The molecule has 32 heavy (non-hydrogen) atoms. The third-order valence-electron chi connectivity index (χ3n) is 2.85. The molecule has 0 unspecified atom stereocenters. The van der Waals surface area contributed by atoms with E-state index in [4.69, 9.17) is 23.2 Å². The van der Waals surface area contributed by atoms with Crippen LogP contribution in [0.3, 0.4) is 0 Å². The molecule has 0 radical (unpaired) electrons. The second-order valence-corrected chi connectivity index (χ2v) is 10.2. The number of aromatic nitrogens is 2. The molecule has 2 rings (SSSR count). The highest BCUT2D eigenvalue weighted by Crippen LogP contribution is 2.55. The van der Waals surface area contributed by atoms with E-state index in [-0.39, 0.29) is 0 Å². The lowest BCUT2D eigenvalue weighted by atomic mass is 10.3. The summed E-state index contributed by atoms with van der Waals surface area (Å²) in [5.74, 6) is 0. The van der Waals surface area contributed by atoms with Crippen LogP contribution >= 0.6 is 70.2 Å². The van der Waals surface area contributed by atoms with Gasteiger partial charge >= 0.3 is 22.0 Å². The topological polar surface area (TPSA) is 31.6 Å². The highest BCUT2D eigenvalue weighted by Gasteiger charge is 2.41. The maximum Gasteiger partial charge on any atom is 0.447 e. The first-order valence-corrected chi connectivity index (χ1v) is 11.1. The zero-order chi connectivity index (χ0) is 24.9. The molecule has 20 heteroatoms. The molecule has 0 saturated carbocycles. The molecule has 2 aromatic rings. The van der Waals surface area contributed by atoms with E-state index in [0.717, 1.165) is 0 Å². The van der Waals surface area contributed by atoms with E-state index in [2.05, 4.69) is 0 Å². The first kappa shape index (κ1) is 27.9. The molecule has 0 amide bonds. The lowest BCUT2D eigenvalue weighted by Crippen LogP contribution is -2.01. The smallest absolute Gasteiger partial charge is 0.346 e. The zero-order valence-electron chi connectivity index (χ0n) is 13.9. The van der Waals surface area contributed by atoms with Crippen LogP contribution in [0.5, 0.6) is 0 Å². The molecular formula is C12H2Cl2F12N2S4. The fourth-order valence-electron chi connectivity index (χ4n) is 2.02. The number of aromatic amines is 2. The molecule has 0 bridgehead atoms. The van der Waals surface area contributed by atoms with Gasteiger partial charge in [-0.1, -0.05) is 23.2 Å². The number of rotatable bonds is 5. The van der Waals surface area contributed by atoms with Crippen LogP contribution in [0.2, 0.25) is 10.0 Å². The van der Waals surface area contributed by atoms with E-state index in [9.17, 15) is 52.7 Å². The Morgan fingerprint density at radius 1 is 0.469 bits per heavy atom. The number of halogens is 14. The average molecular weight is 601 g/mol. The number of hydrogen-bond donors (Lipinski definition) is 2. The van der Waals surface area contributed by atoms with Crippen LogP contribution in [0.4, 0.5) is 52.7 Å². The quantitative estimate of drug-likeness (QED) is 0.264. The Bertz CT molecular complexity index is 895. The molecule has 0 atom stereocenters. The van der Waals surface area contributed by atoms with Crippen LogP contribution in [0, 0.1) is 0 Å². The monoisotopic (exact) mass is 600 g/mol. The van der Waals surface area contributed by atoms with Crippen LogP contribution in [-0.2, 0) is 0 Å². The maximum atomic E-state index is 12.9. The first-order valence-electron chi connectivity index (χ1n) is 7.03. The van der Waals surface area contributed by atoms with Crippen molar-refractivity contribution in [3.8, 4) is 11.4 Å².